The quantitative estimate of drug-likeness (QED) is 0.738. The van der Waals surface area contributed by atoms with Crippen LogP contribution in [0.1, 0.15) is 10.4 Å². The summed E-state index contributed by atoms with van der Waals surface area (Å²) in [4.78, 5) is 23.5. The number of para-hydroxylation sites is 1. The molecule has 3 rings (SSSR count). The highest BCUT2D eigenvalue weighted by Crippen LogP contribution is 2.34. The predicted octanol–water partition coefficient (Wildman–Crippen LogP) is 3.39. The maximum atomic E-state index is 12.5. The summed E-state index contributed by atoms with van der Waals surface area (Å²) in [7, 11) is 1.38. The highest BCUT2D eigenvalue weighted by molar-refractivity contribution is 6.31. The maximum Gasteiger partial charge on any atom is 0.335 e. The smallest absolute Gasteiger partial charge is 0.335 e. The number of rotatable bonds is 5. The van der Waals surface area contributed by atoms with Gasteiger partial charge in [-0.3, -0.25) is 4.79 Å². The zero-order valence-electron chi connectivity index (χ0n) is 13.5. The Kier molecular flexibility index (Phi) is 4.90. The first-order valence-electron chi connectivity index (χ1n) is 7.43. The van der Waals surface area contributed by atoms with E-state index in [0.29, 0.717) is 5.69 Å². The van der Waals surface area contributed by atoms with Crippen LogP contribution in [0.4, 0.5) is 0 Å². The summed E-state index contributed by atoms with van der Waals surface area (Å²) in [6.45, 7) is 0. The Morgan fingerprint density at radius 2 is 1.85 bits per heavy atom. The van der Waals surface area contributed by atoms with Crippen LogP contribution in [-0.4, -0.2) is 28.0 Å². The van der Waals surface area contributed by atoms with E-state index in [1.807, 2.05) is 6.07 Å². The van der Waals surface area contributed by atoms with Gasteiger partial charge in [0.2, 0.25) is 0 Å². The Balaban J connectivity index is 1.98. The first-order chi connectivity index (χ1) is 12.5. The van der Waals surface area contributed by atoms with Gasteiger partial charge in [-0.25, -0.2) is 4.79 Å². The number of hydrogen-bond acceptors (Lipinski definition) is 5. The van der Waals surface area contributed by atoms with Crippen LogP contribution in [0.3, 0.4) is 0 Å². The van der Waals surface area contributed by atoms with Crippen LogP contribution in [-0.2, 0) is 0 Å². The number of aromatic carboxylic acids is 1. The Morgan fingerprint density at radius 1 is 1.12 bits per heavy atom. The second-order valence-corrected chi connectivity index (χ2v) is 5.53. The molecule has 0 bridgehead atoms. The number of carbonyl (C=O) groups is 1. The lowest BCUT2D eigenvalue weighted by Crippen LogP contribution is -2.21. The van der Waals surface area contributed by atoms with Gasteiger partial charge in [-0.15, -0.1) is 0 Å². The third-order valence-electron chi connectivity index (χ3n) is 3.52. The second kappa shape index (κ2) is 7.28. The van der Waals surface area contributed by atoms with Crippen LogP contribution < -0.4 is 15.0 Å². The predicted molar refractivity (Wildman–Crippen MR) is 94.9 cm³/mol. The van der Waals surface area contributed by atoms with Crippen LogP contribution in [0, 0.1) is 0 Å². The number of carboxylic acid groups (broad SMARTS) is 1. The highest BCUT2D eigenvalue weighted by atomic mass is 35.5. The van der Waals surface area contributed by atoms with Gasteiger partial charge < -0.3 is 14.6 Å². The van der Waals surface area contributed by atoms with Gasteiger partial charge in [0.25, 0.3) is 5.56 Å². The Hall–Kier alpha value is -3.32. The van der Waals surface area contributed by atoms with E-state index in [2.05, 4.69) is 5.10 Å². The van der Waals surface area contributed by atoms with Gasteiger partial charge in [0, 0.05) is 0 Å². The number of carboxylic acids is 1. The third kappa shape index (κ3) is 3.38. The van der Waals surface area contributed by atoms with E-state index in [9.17, 15) is 9.59 Å². The van der Waals surface area contributed by atoms with E-state index in [0.717, 1.165) is 4.68 Å². The van der Waals surface area contributed by atoms with Crippen molar-refractivity contribution in [3.05, 3.63) is 75.7 Å². The molecule has 0 aliphatic carbocycles. The molecule has 0 spiro atoms. The summed E-state index contributed by atoms with van der Waals surface area (Å²) in [6, 6.07) is 12.9. The van der Waals surface area contributed by atoms with Gasteiger partial charge in [-0.2, -0.15) is 9.78 Å². The molecule has 26 heavy (non-hydrogen) atoms. The molecule has 0 radical (unpaired) electrons. The maximum absolute atomic E-state index is 12.5. The van der Waals surface area contributed by atoms with Crippen molar-refractivity contribution < 1.29 is 19.4 Å². The van der Waals surface area contributed by atoms with Gasteiger partial charge in [0.1, 0.15) is 0 Å². The van der Waals surface area contributed by atoms with E-state index in [1.54, 1.807) is 24.3 Å². The SMILES string of the molecule is COc1cc(C(=O)O)ccc1Oc1cnn(-c2ccccc2)c(=O)c1Cl. The van der Waals surface area contributed by atoms with Crippen molar-refractivity contribution in [2.75, 3.05) is 7.11 Å². The highest BCUT2D eigenvalue weighted by Gasteiger charge is 2.16. The largest absolute Gasteiger partial charge is 0.493 e. The molecule has 1 N–H and O–H groups in total. The van der Waals surface area contributed by atoms with E-state index >= 15 is 0 Å². The Bertz CT molecular complexity index is 1020. The fraction of sp³-hybridized carbons (Fsp3) is 0.0556. The van der Waals surface area contributed by atoms with Crippen LogP contribution >= 0.6 is 11.6 Å². The van der Waals surface area contributed by atoms with Crippen LogP contribution in [0.25, 0.3) is 5.69 Å². The van der Waals surface area contributed by atoms with Crippen molar-refractivity contribution >= 4 is 17.6 Å². The molecule has 0 aliphatic rings. The minimum Gasteiger partial charge on any atom is -0.493 e. The van der Waals surface area contributed by atoms with Crippen LogP contribution in [0.2, 0.25) is 5.02 Å². The molecule has 8 heteroatoms. The van der Waals surface area contributed by atoms with E-state index in [1.165, 1.54) is 31.5 Å². The van der Waals surface area contributed by atoms with E-state index in [-0.39, 0.29) is 27.8 Å². The first-order valence-corrected chi connectivity index (χ1v) is 7.81. The van der Waals surface area contributed by atoms with E-state index < -0.39 is 11.5 Å². The zero-order valence-corrected chi connectivity index (χ0v) is 14.3. The minimum absolute atomic E-state index is 0.0326. The molecule has 0 atom stereocenters. The Morgan fingerprint density at radius 3 is 2.50 bits per heavy atom. The molecular formula is C18H13ClN2O5. The molecule has 0 aliphatic heterocycles. The summed E-state index contributed by atoms with van der Waals surface area (Å²) in [5, 5.41) is 12.9. The number of ether oxygens (including phenoxy) is 2. The molecule has 2 aromatic carbocycles. The van der Waals surface area contributed by atoms with Crippen LogP contribution in [0.15, 0.2) is 59.5 Å². The van der Waals surface area contributed by atoms with Crippen molar-refractivity contribution in [1.82, 2.24) is 9.78 Å². The molecular weight excluding hydrogens is 360 g/mol. The molecule has 3 aromatic rings. The summed E-state index contributed by atoms with van der Waals surface area (Å²) < 4.78 is 11.9. The zero-order chi connectivity index (χ0) is 18.7. The molecule has 0 amide bonds. The average Bonchev–Trinajstić information content (AvgIpc) is 2.66. The summed E-state index contributed by atoms with van der Waals surface area (Å²) in [5.41, 5.74) is 0.0590. The molecule has 0 fully saturated rings. The number of halogens is 1. The van der Waals surface area contributed by atoms with E-state index in [4.69, 9.17) is 26.2 Å². The second-order valence-electron chi connectivity index (χ2n) is 5.15. The molecule has 1 aromatic heterocycles. The lowest BCUT2D eigenvalue weighted by molar-refractivity contribution is 0.0696. The fourth-order valence-electron chi connectivity index (χ4n) is 2.25. The standard InChI is InChI=1S/C18H13ClN2O5/c1-25-14-9-11(18(23)24)7-8-13(14)26-15-10-20-21(17(22)16(15)19)12-5-3-2-4-6-12/h2-10H,1H3,(H,23,24). The fourth-order valence-corrected chi connectivity index (χ4v) is 2.41. The molecule has 0 unspecified atom stereocenters. The topological polar surface area (TPSA) is 90.7 Å². The lowest BCUT2D eigenvalue weighted by atomic mass is 10.2. The summed E-state index contributed by atoms with van der Waals surface area (Å²) >= 11 is 6.14. The van der Waals surface area contributed by atoms with Crippen molar-refractivity contribution in [2.45, 2.75) is 0 Å². The summed E-state index contributed by atoms with van der Waals surface area (Å²) in [6.07, 6.45) is 1.31. The molecule has 0 saturated heterocycles. The molecule has 1 heterocycles. The molecule has 132 valence electrons. The van der Waals surface area contributed by atoms with Gasteiger partial charge in [-0.05, 0) is 30.3 Å². The van der Waals surface area contributed by atoms with Gasteiger partial charge >= 0.3 is 5.97 Å². The van der Waals surface area contributed by atoms with Crippen LogP contribution in [0.5, 0.6) is 17.2 Å². The van der Waals surface area contributed by atoms with Gasteiger partial charge in [-0.1, -0.05) is 29.8 Å². The lowest BCUT2D eigenvalue weighted by Gasteiger charge is -2.12. The van der Waals surface area contributed by atoms with Gasteiger partial charge in [0.05, 0.1) is 24.6 Å². The normalized spacial score (nSPS) is 10.4. The van der Waals surface area contributed by atoms with Crippen molar-refractivity contribution in [2.24, 2.45) is 0 Å². The number of benzene rings is 2. The number of aromatic nitrogens is 2. The van der Waals surface area contributed by atoms with Gasteiger partial charge in [0.15, 0.2) is 22.3 Å². The Labute approximate surface area is 153 Å². The van der Waals surface area contributed by atoms with Crippen molar-refractivity contribution in [3.63, 3.8) is 0 Å². The number of methoxy groups -OCH3 is 1. The minimum atomic E-state index is -1.10. The monoisotopic (exact) mass is 372 g/mol. The summed E-state index contributed by atoms with van der Waals surface area (Å²) in [5.74, 6) is -0.670. The third-order valence-corrected chi connectivity index (χ3v) is 3.87. The first kappa shape index (κ1) is 17.5. The molecule has 7 nitrogen and oxygen atoms in total. The van der Waals surface area contributed by atoms with Crippen molar-refractivity contribution in [1.29, 1.82) is 0 Å². The number of nitrogens with zero attached hydrogens (tertiary/aromatic N) is 2. The molecule has 0 saturated carbocycles. The average molecular weight is 373 g/mol. The number of hydrogen-bond donors (Lipinski definition) is 1. The van der Waals surface area contributed by atoms with Crippen molar-refractivity contribution in [3.8, 4) is 22.9 Å².